The number of aryl methyl sites for hydroxylation is 1. The van der Waals surface area contributed by atoms with Crippen LogP contribution in [0.2, 0.25) is 0 Å². The molecule has 2 aliphatic carbocycles. The van der Waals surface area contributed by atoms with Gasteiger partial charge in [0.25, 0.3) is 0 Å². The smallest absolute Gasteiger partial charge is 0.182 e. The van der Waals surface area contributed by atoms with Crippen molar-refractivity contribution in [2.75, 3.05) is 0 Å². The van der Waals surface area contributed by atoms with E-state index >= 15 is 0 Å². The maximum Gasteiger partial charge on any atom is 0.182 e. The topological polar surface area (TPSA) is 64.5 Å². The second kappa shape index (κ2) is 9.00. The third kappa shape index (κ3) is 3.66. The number of benzene rings is 3. The molecule has 5 heteroatoms. The molecule has 0 aliphatic heterocycles. The quantitative estimate of drug-likeness (QED) is 0.235. The van der Waals surface area contributed by atoms with Gasteiger partial charge in [-0.15, -0.1) is 0 Å². The monoisotopic (exact) mass is 529 g/mol. The molecular formula is C36H27N5. The number of nitrogens with zero attached hydrogens (tertiary/aromatic N) is 5. The average molecular weight is 530 g/mol. The van der Waals surface area contributed by atoms with E-state index in [0.29, 0.717) is 23.2 Å². The summed E-state index contributed by atoms with van der Waals surface area (Å²) in [6.07, 6.45) is 5.74. The number of pyridine rings is 2. The molecule has 0 radical (unpaired) electrons. The van der Waals surface area contributed by atoms with Crippen LogP contribution in [0.5, 0.6) is 0 Å². The highest BCUT2D eigenvalue weighted by atomic mass is 15.1. The van der Waals surface area contributed by atoms with Crippen molar-refractivity contribution in [3.63, 3.8) is 0 Å². The van der Waals surface area contributed by atoms with Crippen LogP contribution in [0.15, 0.2) is 103 Å². The highest BCUT2D eigenvalue weighted by molar-refractivity contribution is 5.90. The number of hydrogen-bond donors (Lipinski definition) is 0. The van der Waals surface area contributed by atoms with Crippen molar-refractivity contribution in [1.82, 2.24) is 24.9 Å². The van der Waals surface area contributed by atoms with Crippen molar-refractivity contribution in [2.24, 2.45) is 0 Å². The Morgan fingerprint density at radius 3 is 2.12 bits per heavy atom. The van der Waals surface area contributed by atoms with E-state index in [4.69, 9.17) is 19.9 Å². The summed E-state index contributed by atoms with van der Waals surface area (Å²) in [7, 11) is 0. The van der Waals surface area contributed by atoms with Crippen molar-refractivity contribution < 1.29 is 0 Å². The Morgan fingerprint density at radius 2 is 1.27 bits per heavy atom. The zero-order chi connectivity index (χ0) is 27.6. The Kier molecular flexibility index (Phi) is 5.23. The van der Waals surface area contributed by atoms with E-state index in [-0.39, 0.29) is 5.41 Å². The Morgan fingerprint density at radius 1 is 0.537 bits per heavy atom. The highest BCUT2D eigenvalue weighted by Gasteiger charge is 2.42. The molecule has 0 spiro atoms. The molecule has 3 aromatic carbocycles. The van der Waals surface area contributed by atoms with Crippen molar-refractivity contribution in [3.05, 3.63) is 126 Å². The molecule has 8 rings (SSSR count). The van der Waals surface area contributed by atoms with Crippen molar-refractivity contribution in [1.29, 1.82) is 0 Å². The molecule has 6 aromatic rings. The van der Waals surface area contributed by atoms with Crippen LogP contribution in [0.25, 0.3) is 56.7 Å². The molecule has 0 N–H and O–H groups in total. The van der Waals surface area contributed by atoms with Crippen molar-refractivity contribution in [2.45, 2.75) is 32.1 Å². The lowest BCUT2D eigenvalue weighted by atomic mass is 9.74. The highest BCUT2D eigenvalue weighted by Crippen LogP contribution is 2.55. The molecule has 2 aliphatic rings. The molecule has 0 atom stereocenters. The van der Waals surface area contributed by atoms with Gasteiger partial charge < -0.3 is 0 Å². The van der Waals surface area contributed by atoms with Crippen LogP contribution in [0.3, 0.4) is 0 Å². The first-order valence-electron chi connectivity index (χ1n) is 14.1. The van der Waals surface area contributed by atoms with E-state index < -0.39 is 0 Å². The third-order valence-corrected chi connectivity index (χ3v) is 8.53. The van der Waals surface area contributed by atoms with Gasteiger partial charge in [-0.2, -0.15) is 0 Å². The minimum Gasteiger partial charge on any atom is -0.253 e. The molecule has 0 amide bonds. The third-order valence-electron chi connectivity index (χ3n) is 8.53. The van der Waals surface area contributed by atoms with Crippen LogP contribution in [-0.4, -0.2) is 24.9 Å². The van der Waals surface area contributed by atoms with E-state index in [9.17, 15) is 0 Å². The molecular weight excluding hydrogens is 502 g/mol. The minimum absolute atomic E-state index is 0.281. The van der Waals surface area contributed by atoms with E-state index in [1.165, 1.54) is 44.5 Å². The minimum atomic E-state index is -0.281. The first kappa shape index (κ1) is 23.8. The molecule has 3 heterocycles. The Labute approximate surface area is 239 Å². The SMILES string of the molecule is CC1(C)c2c(ccnc2-c2nc(-c3ccccc3)nc(-c3ccccn3)n2)-c2ccc3c(c21)CCc1ccccc1-3. The molecule has 3 aromatic heterocycles. The van der Waals surface area contributed by atoms with E-state index in [2.05, 4.69) is 61.3 Å². The van der Waals surface area contributed by atoms with Crippen LogP contribution < -0.4 is 0 Å². The van der Waals surface area contributed by atoms with Gasteiger partial charge in [0.2, 0.25) is 0 Å². The first-order valence-corrected chi connectivity index (χ1v) is 14.1. The fourth-order valence-corrected chi connectivity index (χ4v) is 6.78. The zero-order valence-electron chi connectivity index (χ0n) is 23.0. The lowest BCUT2D eigenvalue weighted by molar-refractivity contribution is 0.647. The molecule has 0 unspecified atom stereocenters. The standard InChI is InChI=1S/C36H27N5/c1-36(2)30-26-16-15-22-10-6-7-13-24(22)25(26)17-18-27(30)28-19-21-38-32(31(28)36)35-40-33(23-11-4-3-5-12-23)39-34(41-35)29-14-8-9-20-37-29/h3-14,17-21H,15-16H2,1-2H3. The molecule has 5 nitrogen and oxygen atoms in total. The largest absolute Gasteiger partial charge is 0.253 e. The normalized spacial score (nSPS) is 14.1. The van der Waals surface area contributed by atoms with Crippen LogP contribution in [0.1, 0.15) is 36.1 Å². The fourth-order valence-electron chi connectivity index (χ4n) is 6.78. The summed E-state index contributed by atoms with van der Waals surface area (Å²) in [5.74, 6) is 1.71. The predicted octanol–water partition coefficient (Wildman–Crippen LogP) is 7.73. The van der Waals surface area contributed by atoms with Gasteiger partial charge in [0.1, 0.15) is 11.4 Å². The molecule has 196 valence electrons. The second-order valence-corrected chi connectivity index (χ2v) is 11.3. The predicted molar refractivity (Wildman–Crippen MR) is 162 cm³/mol. The van der Waals surface area contributed by atoms with Gasteiger partial charge >= 0.3 is 0 Å². The molecule has 0 saturated heterocycles. The average Bonchev–Trinajstić information content (AvgIpc) is 3.28. The zero-order valence-corrected chi connectivity index (χ0v) is 23.0. The van der Waals surface area contributed by atoms with Gasteiger partial charge in [0, 0.05) is 23.4 Å². The van der Waals surface area contributed by atoms with Gasteiger partial charge in [0.05, 0.1) is 0 Å². The first-order chi connectivity index (χ1) is 20.1. The van der Waals surface area contributed by atoms with Crippen LogP contribution in [-0.2, 0) is 18.3 Å². The Balaban J connectivity index is 1.35. The number of fused-ring (bicyclic) bond motifs is 7. The summed E-state index contributed by atoms with van der Waals surface area (Å²) in [5, 5.41) is 0. The molecule has 0 fully saturated rings. The molecule has 0 bridgehead atoms. The maximum atomic E-state index is 5.01. The fraction of sp³-hybridized carbons (Fsp3) is 0.139. The summed E-state index contributed by atoms with van der Waals surface area (Å²) in [4.78, 5) is 24.3. The van der Waals surface area contributed by atoms with Crippen LogP contribution in [0, 0.1) is 0 Å². The van der Waals surface area contributed by atoms with Crippen molar-refractivity contribution in [3.8, 4) is 56.7 Å². The maximum absolute atomic E-state index is 5.01. The second-order valence-electron chi connectivity index (χ2n) is 11.3. The van der Waals surface area contributed by atoms with Crippen LogP contribution in [0.4, 0.5) is 0 Å². The Bertz CT molecular complexity index is 1910. The van der Waals surface area contributed by atoms with Crippen LogP contribution >= 0.6 is 0 Å². The summed E-state index contributed by atoms with van der Waals surface area (Å²) in [6, 6.07) is 31.4. The lowest BCUT2D eigenvalue weighted by Crippen LogP contribution is -2.21. The number of hydrogen-bond acceptors (Lipinski definition) is 5. The molecule has 41 heavy (non-hydrogen) atoms. The van der Waals surface area contributed by atoms with Gasteiger partial charge in [-0.25, -0.2) is 15.0 Å². The van der Waals surface area contributed by atoms with Crippen molar-refractivity contribution >= 4 is 0 Å². The number of rotatable bonds is 3. The molecule has 0 saturated carbocycles. The van der Waals surface area contributed by atoms with Gasteiger partial charge in [-0.1, -0.05) is 86.6 Å². The van der Waals surface area contributed by atoms with E-state index in [1.807, 2.05) is 54.7 Å². The van der Waals surface area contributed by atoms with E-state index in [1.54, 1.807) is 6.20 Å². The summed E-state index contributed by atoms with van der Waals surface area (Å²) in [5.41, 5.74) is 12.8. The summed E-state index contributed by atoms with van der Waals surface area (Å²) < 4.78 is 0. The number of aromatic nitrogens is 5. The van der Waals surface area contributed by atoms with Gasteiger partial charge in [-0.05, 0) is 75.5 Å². The summed E-state index contributed by atoms with van der Waals surface area (Å²) >= 11 is 0. The summed E-state index contributed by atoms with van der Waals surface area (Å²) in [6.45, 7) is 4.64. The van der Waals surface area contributed by atoms with Gasteiger partial charge in [0.15, 0.2) is 17.5 Å². The lowest BCUT2D eigenvalue weighted by Gasteiger charge is -2.29. The van der Waals surface area contributed by atoms with E-state index in [0.717, 1.165) is 24.1 Å². The Hall–Kier alpha value is -5.03. The van der Waals surface area contributed by atoms with Gasteiger partial charge in [-0.3, -0.25) is 9.97 Å².